The fourth-order valence-electron chi connectivity index (χ4n) is 1.62. The lowest BCUT2D eigenvalue weighted by Gasteiger charge is -2.09. The van der Waals surface area contributed by atoms with E-state index in [9.17, 15) is 5.11 Å². The van der Waals surface area contributed by atoms with Gasteiger partial charge in [0.05, 0.1) is 0 Å². The van der Waals surface area contributed by atoms with Gasteiger partial charge in [-0.15, -0.1) is 0 Å². The van der Waals surface area contributed by atoms with Gasteiger partial charge in [-0.1, -0.05) is 30.3 Å². The van der Waals surface area contributed by atoms with Crippen molar-refractivity contribution < 1.29 is 5.11 Å². The standard InChI is InChI=1S/C12H11N5O/c1-8-10(15-13)11(17(2)16-8)14-12(18)9-6-4-3-5-7-9/h3-7H,1-2H3. The van der Waals surface area contributed by atoms with Gasteiger partial charge in [0.1, 0.15) is 0 Å². The highest BCUT2D eigenvalue weighted by atomic mass is 16.3. The molecule has 1 aromatic carbocycles. The molecule has 0 bridgehead atoms. The van der Waals surface area contributed by atoms with Crippen molar-refractivity contribution in [2.45, 2.75) is 6.92 Å². The first-order valence-electron chi connectivity index (χ1n) is 5.33. The number of diazo groups is 1. The summed E-state index contributed by atoms with van der Waals surface area (Å²) in [6.45, 7) is 1.68. The third kappa shape index (κ3) is 2.06. The summed E-state index contributed by atoms with van der Waals surface area (Å²) in [5.41, 5.74) is 1.20. The minimum absolute atomic E-state index is 0.210. The van der Waals surface area contributed by atoms with Gasteiger partial charge in [0, 0.05) is 7.05 Å². The van der Waals surface area contributed by atoms with E-state index in [1.54, 1.807) is 38.2 Å². The molecule has 1 aromatic heterocycles. The van der Waals surface area contributed by atoms with Gasteiger partial charge in [-0.3, -0.25) is 0 Å². The molecule has 0 atom stereocenters. The molecule has 0 aliphatic carbocycles. The van der Waals surface area contributed by atoms with E-state index in [0.717, 1.165) is 0 Å². The second-order valence-corrected chi connectivity index (χ2v) is 3.76. The second kappa shape index (κ2) is 4.67. The lowest BCUT2D eigenvalue weighted by Crippen LogP contribution is -2.18. The number of nitrogens with zero attached hydrogens (tertiary/aromatic N) is 5. The maximum Gasteiger partial charge on any atom is 0.451 e. The molecule has 0 aliphatic rings. The lowest BCUT2D eigenvalue weighted by atomic mass is 10.2. The molecule has 90 valence electrons. The topological polar surface area (TPSA) is 81.4 Å². The van der Waals surface area contributed by atoms with Crippen LogP contribution in [0, 0.1) is 12.3 Å². The fraction of sp³-hybridized carbons (Fsp3) is 0.167. The lowest BCUT2D eigenvalue weighted by molar-refractivity contribution is -0.212. The number of aryl methyl sites for hydroxylation is 2. The summed E-state index contributed by atoms with van der Waals surface area (Å²) in [5, 5.41) is 24.9. The van der Waals surface area contributed by atoms with E-state index in [0.29, 0.717) is 11.3 Å². The number of aromatic nitrogens is 2. The van der Waals surface area contributed by atoms with Crippen LogP contribution in [-0.4, -0.2) is 15.7 Å². The average molecular weight is 241 g/mol. The maximum atomic E-state index is 11.9. The van der Waals surface area contributed by atoms with Crippen molar-refractivity contribution in [2.24, 2.45) is 12.0 Å². The maximum absolute atomic E-state index is 11.9. The van der Waals surface area contributed by atoms with Crippen molar-refractivity contribution in [1.82, 2.24) is 9.78 Å². The summed E-state index contributed by atoms with van der Waals surface area (Å²) < 4.78 is 1.41. The van der Waals surface area contributed by atoms with E-state index >= 15 is 0 Å². The molecule has 0 amide bonds. The van der Waals surface area contributed by atoms with Gasteiger partial charge in [0.15, 0.2) is 10.7 Å². The van der Waals surface area contributed by atoms with Crippen LogP contribution in [0.4, 0.5) is 11.5 Å². The van der Waals surface area contributed by atoms with Crippen molar-refractivity contribution in [1.29, 1.82) is 5.39 Å². The molecule has 0 spiro atoms. The van der Waals surface area contributed by atoms with E-state index in [2.05, 4.69) is 15.1 Å². The second-order valence-electron chi connectivity index (χ2n) is 3.76. The van der Waals surface area contributed by atoms with Crippen LogP contribution in [0.15, 0.2) is 35.3 Å². The third-order valence-corrected chi connectivity index (χ3v) is 2.49. The zero-order valence-electron chi connectivity index (χ0n) is 10.0. The van der Waals surface area contributed by atoms with Gasteiger partial charge in [-0.05, 0) is 18.4 Å². The summed E-state index contributed by atoms with van der Waals surface area (Å²) in [7, 11) is 1.64. The Kier molecular flexibility index (Phi) is 3.06. The molecule has 18 heavy (non-hydrogen) atoms. The number of hydrogen-bond acceptors (Lipinski definition) is 4. The van der Waals surface area contributed by atoms with Gasteiger partial charge in [-0.2, -0.15) is 5.10 Å². The largest absolute Gasteiger partial charge is 0.858 e. The van der Waals surface area contributed by atoms with Gasteiger partial charge < -0.3 is 5.11 Å². The van der Waals surface area contributed by atoms with Crippen molar-refractivity contribution in [3.05, 3.63) is 46.6 Å². The van der Waals surface area contributed by atoms with E-state index in [4.69, 9.17) is 5.39 Å². The fourth-order valence-corrected chi connectivity index (χ4v) is 1.62. The molecule has 0 aliphatic heterocycles. The first-order chi connectivity index (χ1) is 8.63. The SMILES string of the molecule is Cc1nn(C)c(N=C([O-])c2ccccc2)c1[N+]#N. The molecule has 0 radical (unpaired) electrons. The highest BCUT2D eigenvalue weighted by Gasteiger charge is 2.23. The summed E-state index contributed by atoms with van der Waals surface area (Å²) in [5.74, 6) is -0.160. The van der Waals surface area contributed by atoms with Gasteiger partial charge in [0.2, 0.25) is 11.2 Å². The summed E-state index contributed by atoms with van der Waals surface area (Å²) in [6, 6.07) is 8.68. The molecule has 1 heterocycles. The van der Waals surface area contributed by atoms with Crippen LogP contribution in [0.1, 0.15) is 11.3 Å². The first kappa shape index (κ1) is 11.8. The normalized spacial score (nSPS) is 11.3. The summed E-state index contributed by atoms with van der Waals surface area (Å²) in [6.07, 6.45) is 0. The highest BCUT2D eigenvalue weighted by Crippen LogP contribution is 2.30. The van der Waals surface area contributed by atoms with Crippen molar-refractivity contribution in [3.8, 4) is 0 Å². The molecule has 2 rings (SSSR count). The zero-order chi connectivity index (χ0) is 13.1. The molecule has 6 heteroatoms. The predicted molar refractivity (Wildman–Crippen MR) is 65.3 cm³/mol. The number of benzene rings is 1. The molecule has 0 saturated heterocycles. The number of rotatable bonds is 2. The zero-order valence-corrected chi connectivity index (χ0v) is 10.0. The Morgan fingerprint density at radius 1 is 1.39 bits per heavy atom. The number of hydrogen-bond donors (Lipinski definition) is 0. The quantitative estimate of drug-likeness (QED) is 0.455. The van der Waals surface area contributed by atoms with E-state index in [1.165, 1.54) is 4.68 Å². The van der Waals surface area contributed by atoms with E-state index < -0.39 is 5.90 Å². The van der Waals surface area contributed by atoms with E-state index in [1.807, 2.05) is 6.07 Å². The molecule has 0 saturated carbocycles. The molecule has 0 N–H and O–H groups in total. The van der Waals surface area contributed by atoms with E-state index in [-0.39, 0.29) is 11.5 Å². The number of aliphatic imine (C=N–C) groups is 1. The van der Waals surface area contributed by atoms with Crippen LogP contribution in [0.3, 0.4) is 0 Å². The Balaban J connectivity index is 2.49. The van der Waals surface area contributed by atoms with Crippen LogP contribution < -0.4 is 5.11 Å². The Morgan fingerprint density at radius 3 is 2.67 bits per heavy atom. The molecular formula is C12H11N5O. The smallest absolute Gasteiger partial charge is 0.451 e. The molecular weight excluding hydrogens is 230 g/mol. The molecule has 6 nitrogen and oxygen atoms in total. The minimum atomic E-state index is -0.400. The summed E-state index contributed by atoms with van der Waals surface area (Å²) in [4.78, 5) is 7.04. The van der Waals surface area contributed by atoms with Crippen LogP contribution in [0.2, 0.25) is 0 Å². The monoisotopic (exact) mass is 241 g/mol. The Bertz CT molecular complexity index is 636. The van der Waals surface area contributed by atoms with Crippen LogP contribution in [-0.2, 0) is 7.05 Å². The average Bonchev–Trinajstić information content (AvgIpc) is 2.64. The van der Waals surface area contributed by atoms with Gasteiger partial charge >= 0.3 is 5.69 Å². The molecule has 0 unspecified atom stereocenters. The van der Waals surface area contributed by atoms with Crippen LogP contribution in [0.5, 0.6) is 0 Å². The predicted octanol–water partition coefficient (Wildman–Crippen LogP) is 1.65. The Labute approximate surface area is 104 Å². The molecule has 2 aromatic rings. The summed E-state index contributed by atoms with van der Waals surface area (Å²) >= 11 is 0. The van der Waals surface area contributed by atoms with Crippen molar-refractivity contribution in [3.63, 3.8) is 0 Å². The van der Waals surface area contributed by atoms with Crippen molar-refractivity contribution >= 4 is 17.4 Å². The Hall–Kier alpha value is -2.68. The van der Waals surface area contributed by atoms with Gasteiger partial charge in [-0.25, -0.2) is 9.67 Å². The minimum Gasteiger partial charge on any atom is -0.858 e. The van der Waals surface area contributed by atoms with Crippen molar-refractivity contribution in [2.75, 3.05) is 0 Å². The molecule has 0 fully saturated rings. The highest BCUT2D eigenvalue weighted by molar-refractivity contribution is 5.93. The van der Waals surface area contributed by atoms with Gasteiger partial charge in [0.25, 0.3) is 0 Å². The van der Waals surface area contributed by atoms with Crippen LogP contribution in [0.25, 0.3) is 4.98 Å². The first-order valence-corrected chi connectivity index (χ1v) is 5.33. The third-order valence-electron chi connectivity index (χ3n) is 2.49. The Morgan fingerprint density at radius 2 is 2.06 bits per heavy atom. The van der Waals surface area contributed by atoms with Crippen LogP contribution >= 0.6 is 0 Å².